The van der Waals surface area contributed by atoms with Crippen molar-refractivity contribution in [1.29, 1.82) is 0 Å². The molecule has 7 heteroatoms. The van der Waals surface area contributed by atoms with Gasteiger partial charge in [0.1, 0.15) is 16.9 Å². The highest BCUT2D eigenvalue weighted by Gasteiger charge is 2.22. The molecule has 0 spiro atoms. The van der Waals surface area contributed by atoms with E-state index in [2.05, 4.69) is 17.2 Å². The normalized spacial score (nSPS) is 11.9. The summed E-state index contributed by atoms with van der Waals surface area (Å²) < 4.78 is 0. The van der Waals surface area contributed by atoms with Crippen molar-refractivity contribution in [2.45, 2.75) is 39.2 Å². The lowest BCUT2D eigenvalue weighted by Gasteiger charge is -2.13. The van der Waals surface area contributed by atoms with Crippen LogP contribution in [0.3, 0.4) is 0 Å². The number of carbonyl (C=O) groups is 1. The van der Waals surface area contributed by atoms with E-state index in [1.54, 1.807) is 0 Å². The standard InChI is InChI=1S/C12H16ClN3O3/c1-3-4-5-8(2)15-12(17)9-6-11(13)14-7-10(9)16(18)19/h6-8H,3-5H2,1-2H3,(H,15,17). The highest BCUT2D eigenvalue weighted by molar-refractivity contribution is 6.29. The van der Waals surface area contributed by atoms with E-state index in [0.717, 1.165) is 25.5 Å². The Labute approximate surface area is 116 Å². The van der Waals surface area contributed by atoms with Gasteiger partial charge in [-0.3, -0.25) is 14.9 Å². The molecule has 6 nitrogen and oxygen atoms in total. The third-order valence-corrected chi connectivity index (χ3v) is 2.87. The maximum absolute atomic E-state index is 12.0. The Morgan fingerprint density at radius 1 is 1.63 bits per heavy atom. The van der Waals surface area contributed by atoms with Gasteiger partial charge in [0, 0.05) is 6.04 Å². The molecular weight excluding hydrogens is 270 g/mol. The summed E-state index contributed by atoms with van der Waals surface area (Å²) in [7, 11) is 0. The van der Waals surface area contributed by atoms with Crippen molar-refractivity contribution >= 4 is 23.2 Å². The van der Waals surface area contributed by atoms with Crippen molar-refractivity contribution in [1.82, 2.24) is 10.3 Å². The summed E-state index contributed by atoms with van der Waals surface area (Å²) in [6.45, 7) is 3.92. The van der Waals surface area contributed by atoms with E-state index in [0.29, 0.717) is 0 Å². The molecule has 0 aliphatic rings. The quantitative estimate of drug-likeness (QED) is 0.495. The molecule has 1 aromatic heterocycles. The number of nitrogens with zero attached hydrogens (tertiary/aromatic N) is 2. The molecule has 1 aromatic rings. The number of amides is 1. The van der Waals surface area contributed by atoms with E-state index in [4.69, 9.17) is 11.6 Å². The zero-order chi connectivity index (χ0) is 14.4. The monoisotopic (exact) mass is 285 g/mol. The molecule has 0 saturated carbocycles. The number of halogens is 1. The van der Waals surface area contributed by atoms with Crippen LogP contribution in [0.15, 0.2) is 12.3 Å². The van der Waals surface area contributed by atoms with Gasteiger partial charge >= 0.3 is 0 Å². The van der Waals surface area contributed by atoms with E-state index in [1.165, 1.54) is 6.07 Å². The van der Waals surface area contributed by atoms with Crippen LogP contribution in [-0.2, 0) is 0 Å². The van der Waals surface area contributed by atoms with Crippen molar-refractivity contribution < 1.29 is 9.72 Å². The molecule has 0 bridgehead atoms. The maximum atomic E-state index is 12.0. The molecule has 0 saturated heterocycles. The Bertz CT molecular complexity index is 479. The van der Waals surface area contributed by atoms with Crippen molar-refractivity contribution in [3.8, 4) is 0 Å². The van der Waals surface area contributed by atoms with Gasteiger partial charge in [-0.05, 0) is 19.4 Å². The summed E-state index contributed by atoms with van der Waals surface area (Å²) in [6, 6.07) is 1.17. The van der Waals surface area contributed by atoms with Gasteiger partial charge in [0.2, 0.25) is 0 Å². The number of aromatic nitrogens is 1. The average molecular weight is 286 g/mol. The van der Waals surface area contributed by atoms with Crippen LogP contribution in [0, 0.1) is 10.1 Å². The lowest BCUT2D eigenvalue weighted by Crippen LogP contribution is -2.32. The van der Waals surface area contributed by atoms with E-state index >= 15 is 0 Å². The largest absolute Gasteiger partial charge is 0.349 e. The van der Waals surface area contributed by atoms with Gasteiger partial charge < -0.3 is 5.32 Å². The van der Waals surface area contributed by atoms with Gasteiger partial charge in [0.15, 0.2) is 0 Å². The molecule has 0 fully saturated rings. The average Bonchev–Trinajstić information content (AvgIpc) is 2.35. The van der Waals surface area contributed by atoms with Gasteiger partial charge in [0.05, 0.1) is 4.92 Å². The SMILES string of the molecule is CCCCC(C)NC(=O)c1cc(Cl)ncc1[N+](=O)[O-]. The molecule has 1 heterocycles. The van der Waals surface area contributed by atoms with Gasteiger partial charge in [0.25, 0.3) is 11.6 Å². The number of rotatable bonds is 6. The Balaban J connectivity index is 2.86. The van der Waals surface area contributed by atoms with E-state index in [1.807, 2.05) is 6.92 Å². The number of nitro groups is 1. The van der Waals surface area contributed by atoms with Crippen LogP contribution >= 0.6 is 11.6 Å². The highest BCUT2D eigenvalue weighted by Crippen LogP contribution is 2.20. The molecular formula is C12H16ClN3O3. The van der Waals surface area contributed by atoms with E-state index in [9.17, 15) is 14.9 Å². The van der Waals surface area contributed by atoms with Crippen LogP contribution in [0.5, 0.6) is 0 Å². The lowest BCUT2D eigenvalue weighted by atomic mass is 10.1. The van der Waals surface area contributed by atoms with Crippen LogP contribution in [0.25, 0.3) is 0 Å². The van der Waals surface area contributed by atoms with Gasteiger partial charge in [-0.1, -0.05) is 31.4 Å². The van der Waals surface area contributed by atoms with Gasteiger partial charge in [-0.2, -0.15) is 0 Å². The van der Waals surface area contributed by atoms with E-state index < -0.39 is 10.8 Å². The third kappa shape index (κ3) is 4.48. The Morgan fingerprint density at radius 3 is 2.89 bits per heavy atom. The predicted octanol–water partition coefficient (Wildman–Crippen LogP) is 2.95. The van der Waals surface area contributed by atoms with Crippen LogP contribution in [0.2, 0.25) is 5.15 Å². The smallest absolute Gasteiger partial charge is 0.300 e. The summed E-state index contributed by atoms with van der Waals surface area (Å²) >= 11 is 5.67. The van der Waals surface area contributed by atoms with Crippen LogP contribution in [-0.4, -0.2) is 21.9 Å². The molecule has 1 rings (SSSR count). The Morgan fingerprint density at radius 2 is 2.32 bits per heavy atom. The first-order valence-electron chi connectivity index (χ1n) is 6.06. The minimum Gasteiger partial charge on any atom is -0.349 e. The lowest BCUT2D eigenvalue weighted by molar-refractivity contribution is -0.385. The molecule has 0 aliphatic heterocycles. The molecule has 1 amide bonds. The van der Waals surface area contributed by atoms with E-state index in [-0.39, 0.29) is 22.4 Å². The number of hydrogen-bond acceptors (Lipinski definition) is 4. The first-order chi connectivity index (χ1) is 8.95. The highest BCUT2D eigenvalue weighted by atomic mass is 35.5. The second-order valence-electron chi connectivity index (χ2n) is 4.30. The number of carbonyl (C=O) groups excluding carboxylic acids is 1. The first-order valence-corrected chi connectivity index (χ1v) is 6.44. The zero-order valence-electron chi connectivity index (χ0n) is 10.9. The molecule has 0 radical (unpaired) electrons. The summed E-state index contributed by atoms with van der Waals surface area (Å²) in [5.74, 6) is -0.500. The van der Waals surface area contributed by atoms with Crippen molar-refractivity contribution in [2.24, 2.45) is 0 Å². The summed E-state index contributed by atoms with van der Waals surface area (Å²) in [4.78, 5) is 25.8. The van der Waals surface area contributed by atoms with Gasteiger partial charge in [-0.25, -0.2) is 4.98 Å². The summed E-state index contributed by atoms with van der Waals surface area (Å²) in [5, 5.41) is 13.6. The molecule has 1 unspecified atom stereocenters. The minimum atomic E-state index is -0.644. The minimum absolute atomic E-state index is 0.0426. The molecule has 0 aromatic carbocycles. The predicted molar refractivity (Wildman–Crippen MR) is 72.4 cm³/mol. The summed E-state index contributed by atoms with van der Waals surface area (Å²) in [5.41, 5.74) is -0.405. The van der Waals surface area contributed by atoms with Crippen molar-refractivity contribution in [3.05, 3.63) is 33.1 Å². The van der Waals surface area contributed by atoms with Crippen molar-refractivity contribution in [2.75, 3.05) is 0 Å². The topological polar surface area (TPSA) is 85.1 Å². The van der Waals surface area contributed by atoms with Crippen LogP contribution in [0.4, 0.5) is 5.69 Å². The zero-order valence-corrected chi connectivity index (χ0v) is 11.6. The fourth-order valence-electron chi connectivity index (χ4n) is 1.63. The second-order valence-corrected chi connectivity index (χ2v) is 4.69. The second kappa shape index (κ2) is 7.04. The Hall–Kier alpha value is -1.69. The third-order valence-electron chi connectivity index (χ3n) is 2.66. The fourth-order valence-corrected chi connectivity index (χ4v) is 1.79. The molecule has 1 atom stereocenters. The van der Waals surface area contributed by atoms with Crippen LogP contribution in [0.1, 0.15) is 43.5 Å². The fraction of sp³-hybridized carbons (Fsp3) is 0.500. The molecule has 19 heavy (non-hydrogen) atoms. The Kier molecular flexibility index (Phi) is 5.69. The molecule has 0 aliphatic carbocycles. The van der Waals surface area contributed by atoms with Crippen molar-refractivity contribution in [3.63, 3.8) is 0 Å². The summed E-state index contributed by atoms with van der Waals surface area (Å²) in [6.07, 6.45) is 3.84. The first kappa shape index (κ1) is 15.4. The number of nitrogens with one attached hydrogen (secondary N) is 1. The molecule has 104 valence electrons. The van der Waals surface area contributed by atoms with Crippen LogP contribution < -0.4 is 5.32 Å². The maximum Gasteiger partial charge on any atom is 0.300 e. The number of hydrogen-bond donors (Lipinski definition) is 1. The number of pyridine rings is 1. The molecule has 1 N–H and O–H groups in total. The van der Waals surface area contributed by atoms with Gasteiger partial charge in [-0.15, -0.1) is 0 Å². The number of unbranched alkanes of at least 4 members (excludes halogenated alkanes) is 1.